The highest BCUT2D eigenvalue weighted by Gasteiger charge is 2.35. The quantitative estimate of drug-likeness (QED) is 0.878. The SMILES string of the molecule is COc1ccc(NC(=O)N2CCN(c3nncn3C)CC2)c(C(F)(F)F)c1. The molecular weight excluding hydrogens is 365 g/mol. The summed E-state index contributed by atoms with van der Waals surface area (Å²) in [6.07, 6.45) is -3.03. The van der Waals surface area contributed by atoms with Crippen LogP contribution in [0.1, 0.15) is 5.56 Å². The molecule has 1 N–H and O–H groups in total. The Morgan fingerprint density at radius 2 is 1.93 bits per heavy atom. The first-order chi connectivity index (χ1) is 12.8. The molecule has 1 fully saturated rings. The smallest absolute Gasteiger partial charge is 0.418 e. The molecule has 0 saturated carbocycles. The van der Waals surface area contributed by atoms with Gasteiger partial charge in [0.25, 0.3) is 0 Å². The number of anilines is 2. The molecule has 27 heavy (non-hydrogen) atoms. The van der Waals surface area contributed by atoms with Crippen molar-refractivity contribution >= 4 is 17.7 Å². The summed E-state index contributed by atoms with van der Waals surface area (Å²) in [5.74, 6) is 0.752. The van der Waals surface area contributed by atoms with Crippen molar-refractivity contribution in [2.45, 2.75) is 6.18 Å². The number of aromatic nitrogens is 3. The number of amides is 2. The summed E-state index contributed by atoms with van der Waals surface area (Å²) in [6.45, 7) is 1.73. The molecule has 1 aliphatic heterocycles. The highest BCUT2D eigenvalue weighted by atomic mass is 19.4. The zero-order valence-electron chi connectivity index (χ0n) is 14.8. The molecule has 146 valence electrons. The molecule has 2 heterocycles. The minimum absolute atomic E-state index is 0.0672. The third-order valence-corrected chi connectivity index (χ3v) is 4.31. The van der Waals surface area contributed by atoms with Crippen molar-refractivity contribution < 1.29 is 22.7 Å². The van der Waals surface area contributed by atoms with Crippen molar-refractivity contribution in [2.75, 3.05) is 43.5 Å². The molecule has 1 saturated heterocycles. The van der Waals surface area contributed by atoms with Crippen molar-refractivity contribution in [1.29, 1.82) is 0 Å². The first kappa shape index (κ1) is 18.8. The van der Waals surface area contributed by atoms with Crippen molar-refractivity contribution in [3.05, 3.63) is 30.1 Å². The molecule has 0 spiro atoms. The number of carbonyl (C=O) groups is 1. The second kappa shape index (κ2) is 7.33. The van der Waals surface area contributed by atoms with Gasteiger partial charge in [-0.2, -0.15) is 13.2 Å². The van der Waals surface area contributed by atoms with E-state index in [0.717, 1.165) is 6.07 Å². The van der Waals surface area contributed by atoms with Crippen LogP contribution in [0.5, 0.6) is 5.75 Å². The van der Waals surface area contributed by atoms with E-state index >= 15 is 0 Å². The van der Waals surface area contributed by atoms with Crippen LogP contribution in [0.2, 0.25) is 0 Å². The monoisotopic (exact) mass is 384 g/mol. The standard InChI is InChI=1S/C16H19F3N6O2/c1-23-10-20-22-14(23)24-5-7-25(8-6-24)15(26)21-13-4-3-11(27-2)9-12(13)16(17,18)19/h3-4,9-10H,5-8H2,1-2H3,(H,21,26). The number of ether oxygens (including phenoxy) is 1. The first-order valence-corrected chi connectivity index (χ1v) is 8.19. The highest BCUT2D eigenvalue weighted by molar-refractivity contribution is 5.90. The van der Waals surface area contributed by atoms with Gasteiger partial charge in [-0.1, -0.05) is 0 Å². The van der Waals surface area contributed by atoms with Crippen LogP contribution in [0.3, 0.4) is 0 Å². The average molecular weight is 384 g/mol. The minimum atomic E-state index is -4.61. The minimum Gasteiger partial charge on any atom is -0.497 e. The van der Waals surface area contributed by atoms with E-state index in [1.54, 1.807) is 10.9 Å². The predicted molar refractivity (Wildman–Crippen MR) is 91.8 cm³/mol. The van der Waals surface area contributed by atoms with Crippen LogP contribution < -0.4 is 15.0 Å². The zero-order chi connectivity index (χ0) is 19.6. The van der Waals surface area contributed by atoms with Gasteiger partial charge >= 0.3 is 12.2 Å². The van der Waals surface area contributed by atoms with E-state index in [-0.39, 0.29) is 11.4 Å². The van der Waals surface area contributed by atoms with Gasteiger partial charge in [0, 0.05) is 33.2 Å². The van der Waals surface area contributed by atoms with E-state index in [4.69, 9.17) is 4.74 Å². The Morgan fingerprint density at radius 1 is 1.22 bits per heavy atom. The summed E-state index contributed by atoms with van der Waals surface area (Å²) in [7, 11) is 3.10. The molecule has 3 rings (SSSR count). The number of aryl methyl sites for hydroxylation is 1. The number of nitrogens with one attached hydrogen (secondary N) is 1. The van der Waals surface area contributed by atoms with Crippen molar-refractivity contribution in [2.24, 2.45) is 7.05 Å². The molecule has 11 heteroatoms. The van der Waals surface area contributed by atoms with Gasteiger partial charge in [0.15, 0.2) is 0 Å². The summed E-state index contributed by atoms with van der Waals surface area (Å²) < 4.78 is 46.4. The van der Waals surface area contributed by atoms with Gasteiger partial charge < -0.3 is 24.4 Å². The number of methoxy groups -OCH3 is 1. The second-order valence-electron chi connectivity index (χ2n) is 6.06. The fourth-order valence-corrected chi connectivity index (χ4v) is 2.86. The summed E-state index contributed by atoms with van der Waals surface area (Å²) in [5.41, 5.74) is -1.25. The Labute approximate surface area is 153 Å². The Kier molecular flexibility index (Phi) is 5.10. The number of alkyl halides is 3. The number of benzene rings is 1. The number of halogens is 3. The molecule has 0 radical (unpaired) electrons. The van der Waals surface area contributed by atoms with Gasteiger partial charge in [-0.05, 0) is 18.2 Å². The summed E-state index contributed by atoms with van der Waals surface area (Å²) in [4.78, 5) is 15.9. The lowest BCUT2D eigenvalue weighted by atomic mass is 10.1. The second-order valence-corrected chi connectivity index (χ2v) is 6.06. The average Bonchev–Trinajstić information content (AvgIpc) is 3.07. The lowest BCUT2D eigenvalue weighted by molar-refractivity contribution is -0.137. The van der Waals surface area contributed by atoms with Crippen LogP contribution in [0.25, 0.3) is 0 Å². The maximum atomic E-state index is 13.3. The Morgan fingerprint density at radius 3 is 2.48 bits per heavy atom. The fourth-order valence-electron chi connectivity index (χ4n) is 2.86. The van der Waals surface area contributed by atoms with Crippen LogP contribution in [0.15, 0.2) is 24.5 Å². The molecule has 8 nitrogen and oxygen atoms in total. The van der Waals surface area contributed by atoms with E-state index in [0.29, 0.717) is 32.1 Å². The van der Waals surface area contributed by atoms with Crippen LogP contribution in [0, 0.1) is 0 Å². The first-order valence-electron chi connectivity index (χ1n) is 8.19. The lowest BCUT2D eigenvalue weighted by Crippen LogP contribution is -2.50. The lowest BCUT2D eigenvalue weighted by Gasteiger charge is -2.35. The summed E-state index contributed by atoms with van der Waals surface area (Å²) >= 11 is 0. The van der Waals surface area contributed by atoms with Gasteiger partial charge in [0.1, 0.15) is 12.1 Å². The normalized spacial score (nSPS) is 15.0. The Hall–Kier alpha value is -2.98. The zero-order valence-corrected chi connectivity index (χ0v) is 14.8. The maximum absolute atomic E-state index is 13.3. The molecule has 1 aliphatic rings. The molecule has 1 aromatic heterocycles. The van der Waals surface area contributed by atoms with Crippen LogP contribution in [-0.4, -0.2) is 59.0 Å². The van der Waals surface area contributed by atoms with Gasteiger partial charge in [-0.15, -0.1) is 10.2 Å². The highest BCUT2D eigenvalue weighted by Crippen LogP contribution is 2.37. The number of carbonyl (C=O) groups excluding carboxylic acids is 1. The van der Waals surface area contributed by atoms with Crippen LogP contribution in [0.4, 0.5) is 29.6 Å². The molecule has 0 unspecified atom stereocenters. The number of nitrogens with zero attached hydrogens (tertiary/aromatic N) is 5. The summed E-state index contributed by atoms with van der Waals surface area (Å²) in [6, 6.07) is 2.84. The van der Waals surface area contributed by atoms with Crippen molar-refractivity contribution in [3.8, 4) is 5.75 Å². The molecule has 1 aromatic carbocycles. The molecular formula is C16H19F3N6O2. The van der Waals surface area contributed by atoms with E-state index in [1.807, 2.05) is 11.9 Å². The Balaban J connectivity index is 1.67. The number of hydrogen-bond donors (Lipinski definition) is 1. The largest absolute Gasteiger partial charge is 0.497 e. The number of rotatable bonds is 3. The van der Waals surface area contributed by atoms with E-state index in [2.05, 4.69) is 15.5 Å². The number of hydrogen-bond acceptors (Lipinski definition) is 5. The molecule has 0 atom stereocenters. The third-order valence-electron chi connectivity index (χ3n) is 4.31. The molecule has 2 aromatic rings. The summed E-state index contributed by atoms with van der Waals surface area (Å²) in [5, 5.41) is 10.2. The van der Waals surface area contributed by atoms with E-state index in [9.17, 15) is 18.0 Å². The van der Waals surface area contributed by atoms with Gasteiger partial charge in [-0.25, -0.2) is 4.79 Å². The Bertz CT molecular complexity index is 815. The molecule has 2 amide bonds. The van der Waals surface area contributed by atoms with Gasteiger partial charge in [0.05, 0.1) is 18.4 Å². The van der Waals surface area contributed by atoms with Crippen molar-refractivity contribution in [1.82, 2.24) is 19.7 Å². The van der Waals surface area contributed by atoms with Crippen LogP contribution in [-0.2, 0) is 13.2 Å². The fraction of sp³-hybridized carbons (Fsp3) is 0.438. The van der Waals surface area contributed by atoms with Crippen LogP contribution >= 0.6 is 0 Å². The number of urea groups is 1. The topological polar surface area (TPSA) is 75.5 Å². The van der Waals surface area contributed by atoms with E-state index in [1.165, 1.54) is 24.1 Å². The number of piperazine rings is 1. The third kappa shape index (κ3) is 4.07. The molecule has 0 aliphatic carbocycles. The van der Waals surface area contributed by atoms with Crippen molar-refractivity contribution in [3.63, 3.8) is 0 Å². The van der Waals surface area contributed by atoms with Gasteiger partial charge in [0.2, 0.25) is 5.95 Å². The predicted octanol–water partition coefficient (Wildman–Crippen LogP) is 2.20. The maximum Gasteiger partial charge on any atom is 0.418 e. The van der Waals surface area contributed by atoms with Gasteiger partial charge in [-0.3, -0.25) is 0 Å². The molecule has 0 bridgehead atoms. The van der Waals surface area contributed by atoms with E-state index < -0.39 is 17.8 Å².